The highest BCUT2D eigenvalue weighted by molar-refractivity contribution is 6.32. The van der Waals surface area contributed by atoms with E-state index in [0.717, 1.165) is 6.54 Å². The molecule has 0 amide bonds. The fourth-order valence-electron chi connectivity index (χ4n) is 2.94. The van der Waals surface area contributed by atoms with Crippen LogP contribution in [0, 0.1) is 0 Å². The van der Waals surface area contributed by atoms with E-state index in [-0.39, 0.29) is 10.6 Å². The van der Waals surface area contributed by atoms with E-state index in [1.807, 2.05) is 6.07 Å². The van der Waals surface area contributed by atoms with Crippen molar-refractivity contribution in [2.75, 3.05) is 18.4 Å². The van der Waals surface area contributed by atoms with Crippen LogP contribution in [0.1, 0.15) is 30.4 Å². The van der Waals surface area contributed by atoms with Crippen LogP contribution in [0.5, 0.6) is 0 Å². The predicted octanol–water partition coefficient (Wildman–Crippen LogP) is 3.02. The number of hydrogen-bond acceptors (Lipinski definition) is 4. The molecule has 1 saturated heterocycles. The number of likely N-dealkylation sites (tertiary alicyclic amines) is 1. The number of hydrogen-bond donors (Lipinski definition) is 2. The number of nitrogens with one attached hydrogen (secondary N) is 2. The van der Waals surface area contributed by atoms with Crippen LogP contribution >= 0.6 is 11.6 Å². The first kappa shape index (κ1) is 16.0. The van der Waals surface area contributed by atoms with Crippen molar-refractivity contribution in [3.8, 4) is 0 Å². The van der Waals surface area contributed by atoms with Crippen LogP contribution in [0.4, 0.5) is 5.69 Å². The van der Waals surface area contributed by atoms with E-state index in [9.17, 15) is 4.79 Å². The molecule has 2 aromatic rings. The minimum Gasteiger partial charge on any atom is -0.378 e. The van der Waals surface area contributed by atoms with Crippen molar-refractivity contribution in [2.24, 2.45) is 0 Å². The number of aromatic amines is 1. The van der Waals surface area contributed by atoms with Gasteiger partial charge < -0.3 is 5.32 Å². The lowest BCUT2D eigenvalue weighted by molar-refractivity contribution is 0.220. The van der Waals surface area contributed by atoms with Crippen molar-refractivity contribution in [1.82, 2.24) is 15.1 Å². The molecule has 1 aromatic heterocycles. The summed E-state index contributed by atoms with van der Waals surface area (Å²) in [5, 5.41) is 9.46. The number of nitrogens with zero attached hydrogens (tertiary/aromatic N) is 2. The van der Waals surface area contributed by atoms with Gasteiger partial charge in [-0.3, -0.25) is 9.69 Å². The van der Waals surface area contributed by atoms with Gasteiger partial charge in [-0.2, -0.15) is 5.10 Å². The molecule has 0 aliphatic carbocycles. The number of piperidine rings is 1. The van der Waals surface area contributed by atoms with E-state index in [0.29, 0.717) is 12.2 Å². The molecule has 0 radical (unpaired) electrons. The predicted molar refractivity (Wildman–Crippen MR) is 92.8 cm³/mol. The molecular weight excluding hydrogens is 312 g/mol. The normalized spacial score (nSPS) is 15.5. The second-order valence-electron chi connectivity index (χ2n) is 5.89. The van der Waals surface area contributed by atoms with Gasteiger partial charge in [0.25, 0.3) is 5.56 Å². The summed E-state index contributed by atoms with van der Waals surface area (Å²) < 4.78 is 0. The van der Waals surface area contributed by atoms with Gasteiger partial charge in [-0.1, -0.05) is 42.3 Å². The molecule has 1 aliphatic heterocycles. The Bertz CT molecular complexity index is 710. The van der Waals surface area contributed by atoms with Gasteiger partial charge in [0.15, 0.2) is 0 Å². The van der Waals surface area contributed by atoms with Gasteiger partial charge >= 0.3 is 0 Å². The Morgan fingerprint density at radius 1 is 1.17 bits per heavy atom. The molecule has 1 aliphatic rings. The molecular formula is C17H21ClN4O. The molecule has 0 saturated carbocycles. The van der Waals surface area contributed by atoms with Crippen molar-refractivity contribution < 1.29 is 0 Å². The summed E-state index contributed by atoms with van der Waals surface area (Å²) >= 11 is 6.00. The first-order valence-electron chi connectivity index (χ1n) is 8.00. The summed E-state index contributed by atoms with van der Waals surface area (Å²) in [6.45, 7) is 3.94. The van der Waals surface area contributed by atoms with E-state index in [2.05, 4.69) is 38.6 Å². The first-order valence-corrected chi connectivity index (χ1v) is 8.38. The second kappa shape index (κ2) is 7.62. The zero-order valence-electron chi connectivity index (χ0n) is 13.0. The molecule has 2 heterocycles. The lowest BCUT2D eigenvalue weighted by atomic mass is 10.0. The highest BCUT2D eigenvalue weighted by Gasteiger charge is 2.12. The number of anilines is 1. The zero-order chi connectivity index (χ0) is 16.1. The molecule has 0 unspecified atom stereocenters. The second-order valence-corrected chi connectivity index (χ2v) is 6.26. The lowest BCUT2D eigenvalue weighted by Gasteiger charge is -2.27. The van der Waals surface area contributed by atoms with Crippen LogP contribution in [0.15, 0.2) is 35.3 Å². The molecule has 23 heavy (non-hydrogen) atoms. The minimum atomic E-state index is -0.377. The maximum atomic E-state index is 11.5. The Kier molecular flexibility index (Phi) is 5.31. The topological polar surface area (TPSA) is 61.0 Å². The van der Waals surface area contributed by atoms with Gasteiger partial charge in [0, 0.05) is 13.1 Å². The van der Waals surface area contributed by atoms with Crippen molar-refractivity contribution >= 4 is 17.3 Å². The summed E-state index contributed by atoms with van der Waals surface area (Å²) in [4.78, 5) is 14.0. The smallest absolute Gasteiger partial charge is 0.285 e. The molecule has 0 bridgehead atoms. The van der Waals surface area contributed by atoms with Crippen LogP contribution in [-0.2, 0) is 13.1 Å². The maximum absolute atomic E-state index is 11.5. The Labute approximate surface area is 140 Å². The third kappa shape index (κ3) is 4.12. The Hall–Kier alpha value is -1.85. The van der Waals surface area contributed by atoms with Gasteiger partial charge in [-0.05, 0) is 37.1 Å². The Balaban J connectivity index is 1.70. The third-order valence-corrected chi connectivity index (χ3v) is 4.60. The molecule has 3 rings (SSSR count). The monoisotopic (exact) mass is 332 g/mol. The Morgan fingerprint density at radius 2 is 1.91 bits per heavy atom. The number of rotatable bonds is 5. The van der Waals surface area contributed by atoms with Crippen LogP contribution in [0.3, 0.4) is 0 Å². The standard InChI is InChI=1S/C17H21ClN4O/c18-16-15(11-20-21-17(16)23)19-10-13-6-2-3-7-14(13)12-22-8-4-1-5-9-22/h2-3,6-7,11H,1,4-5,8-10,12H2,(H2,19,21,23). The number of benzene rings is 1. The Morgan fingerprint density at radius 3 is 2.70 bits per heavy atom. The van der Waals surface area contributed by atoms with Crippen molar-refractivity contribution in [3.05, 3.63) is 57.0 Å². The minimum absolute atomic E-state index is 0.147. The van der Waals surface area contributed by atoms with Gasteiger partial charge in [0.2, 0.25) is 0 Å². The molecule has 1 fully saturated rings. The molecule has 6 heteroatoms. The van der Waals surface area contributed by atoms with E-state index in [4.69, 9.17) is 11.6 Å². The third-order valence-electron chi connectivity index (χ3n) is 4.23. The van der Waals surface area contributed by atoms with Crippen LogP contribution in [-0.4, -0.2) is 28.2 Å². The maximum Gasteiger partial charge on any atom is 0.285 e. The molecule has 122 valence electrons. The van der Waals surface area contributed by atoms with Gasteiger partial charge in [-0.15, -0.1) is 0 Å². The number of aromatic nitrogens is 2. The summed E-state index contributed by atoms with van der Waals surface area (Å²) in [7, 11) is 0. The molecule has 0 spiro atoms. The highest BCUT2D eigenvalue weighted by atomic mass is 35.5. The SMILES string of the molecule is O=c1[nH]ncc(NCc2ccccc2CN2CCCCC2)c1Cl. The molecule has 5 nitrogen and oxygen atoms in total. The average molecular weight is 333 g/mol. The van der Waals surface area contributed by atoms with E-state index >= 15 is 0 Å². The van der Waals surface area contributed by atoms with E-state index in [1.54, 1.807) is 0 Å². The largest absolute Gasteiger partial charge is 0.378 e. The van der Waals surface area contributed by atoms with Crippen molar-refractivity contribution in [3.63, 3.8) is 0 Å². The van der Waals surface area contributed by atoms with Crippen LogP contribution in [0.2, 0.25) is 5.02 Å². The molecule has 1 aromatic carbocycles. The summed E-state index contributed by atoms with van der Waals surface area (Å²) in [5.74, 6) is 0. The van der Waals surface area contributed by atoms with E-state index in [1.165, 1.54) is 49.7 Å². The quantitative estimate of drug-likeness (QED) is 0.883. The summed E-state index contributed by atoms with van der Waals surface area (Å²) in [6, 6.07) is 8.39. The van der Waals surface area contributed by atoms with Crippen molar-refractivity contribution in [1.29, 1.82) is 0 Å². The van der Waals surface area contributed by atoms with E-state index < -0.39 is 0 Å². The fraction of sp³-hybridized carbons (Fsp3) is 0.412. The highest BCUT2D eigenvalue weighted by Crippen LogP contribution is 2.19. The van der Waals surface area contributed by atoms with Crippen molar-refractivity contribution in [2.45, 2.75) is 32.4 Å². The fourth-order valence-corrected chi connectivity index (χ4v) is 3.10. The van der Waals surface area contributed by atoms with Gasteiger partial charge in [0.1, 0.15) is 5.02 Å². The average Bonchev–Trinajstić information content (AvgIpc) is 2.58. The first-order chi connectivity index (χ1) is 11.2. The zero-order valence-corrected chi connectivity index (χ0v) is 13.8. The summed E-state index contributed by atoms with van der Waals surface area (Å²) in [6.07, 6.45) is 5.45. The molecule has 2 N–H and O–H groups in total. The number of halogens is 1. The van der Waals surface area contributed by atoms with Gasteiger partial charge in [-0.25, -0.2) is 5.10 Å². The van der Waals surface area contributed by atoms with Gasteiger partial charge in [0.05, 0.1) is 11.9 Å². The lowest BCUT2D eigenvalue weighted by Crippen LogP contribution is -2.29. The van der Waals surface area contributed by atoms with Crippen LogP contribution in [0.25, 0.3) is 0 Å². The summed E-state index contributed by atoms with van der Waals surface area (Å²) in [5.41, 5.74) is 2.71. The number of H-pyrrole nitrogens is 1. The van der Waals surface area contributed by atoms with Crippen LogP contribution < -0.4 is 10.9 Å². The molecule has 0 atom stereocenters.